The lowest BCUT2D eigenvalue weighted by atomic mass is 10.3. The zero-order valence-electron chi connectivity index (χ0n) is 14.6. The second-order valence-corrected chi connectivity index (χ2v) is 8.26. The van der Waals surface area contributed by atoms with Crippen molar-refractivity contribution in [2.75, 3.05) is 25.0 Å². The number of carbonyl (C=O) groups is 1. The molecular formula is C18H21BrN2O4S. The van der Waals surface area contributed by atoms with Crippen LogP contribution in [0.3, 0.4) is 0 Å². The first kappa shape index (κ1) is 20.4. The van der Waals surface area contributed by atoms with Crippen LogP contribution in [0.2, 0.25) is 0 Å². The van der Waals surface area contributed by atoms with Crippen molar-refractivity contribution in [2.45, 2.75) is 18.7 Å². The number of amides is 1. The van der Waals surface area contributed by atoms with Crippen molar-refractivity contribution in [3.63, 3.8) is 0 Å². The number of sulfonamides is 1. The summed E-state index contributed by atoms with van der Waals surface area (Å²) in [5.74, 6) is 0.190. The fourth-order valence-corrected chi connectivity index (χ4v) is 4.23. The van der Waals surface area contributed by atoms with Gasteiger partial charge in [0.25, 0.3) is 5.91 Å². The molecule has 1 N–H and O–H groups in total. The van der Waals surface area contributed by atoms with E-state index in [2.05, 4.69) is 21.2 Å². The molecule has 26 heavy (non-hydrogen) atoms. The first-order chi connectivity index (χ1) is 12.4. The highest BCUT2D eigenvalue weighted by Crippen LogP contribution is 2.20. The molecule has 6 nitrogen and oxygen atoms in total. The standard InChI is InChI=1S/C18H21BrN2O4S/c1-3-21(4-2)26(23,24)17-10-6-8-15(12-17)20-18(22)13-25-16-9-5-7-14(19)11-16/h5-12H,3-4,13H2,1-2H3,(H,20,22). The second kappa shape index (κ2) is 9.16. The van der Waals surface area contributed by atoms with Gasteiger partial charge in [0.15, 0.2) is 6.61 Å². The topological polar surface area (TPSA) is 75.7 Å². The maximum atomic E-state index is 12.6. The van der Waals surface area contributed by atoms with Crippen LogP contribution in [-0.4, -0.2) is 38.3 Å². The van der Waals surface area contributed by atoms with Crippen molar-refractivity contribution in [3.8, 4) is 5.75 Å². The Balaban J connectivity index is 2.05. The number of halogens is 1. The molecule has 0 radical (unpaired) electrons. The third kappa shape index (κ3) is 5.30. The number of nitrogens with one attached hydrogen (secondary N) is 1. The van der Waals surface area contributed by atoms with Gasteiger partial charge in [0.05, 0.1) is 4.90 Å². The molecule has 0 spiro atoms. The zero-order chi connectivity index (χ0) is 19.2. The fraction of sp³-hybridized carbons (Fsp3) is 0.278. The highest BCUT2D eigenvalue weighted by atomic mass is 79.9. The van der Waals surface area contributed by atoms with Gasteiger partial charge in [0.2, 0.25) is 10.0 Å². The second-order valence-electron chi connectivity index (χ2n) is 5.41. The lowest BCUT2D eigenvalue weighted by Gasteiger charge is -2.18. The van der Waals surface area contributed by atoms with E-state index in [0.717, 1.165) is 4.47 Å². The Morgan fingerprint density at radius 2 is 1.81 bits per heavy atom. The molecule has 2 rings (SSSR count). The van der Waals surface area contributed by atoms with E-state index in [0.29, 0.717) is 24.5 Å². The number of anilines is 1. The van der Waals surface area contributed by atoms with Gasteiger partial charge >= 0.3 is 0 Å². The van der Waals surface area contributed by atoms with Crippen molar-refractivity contribution in [2.24, 2.45) is 0 Å². The van der Waals surface area contributed by atoms with Crippen LogP contribution < -0.4 is 10.1 Å². The average molecular weight is 441 g/mol. The molecule has 2 aromatic rings. The van der Waals surface area contributed by atoms with Crippen LogP contribution in [0.4, 0.5) is 5.69 Å². The largest absolute Gasteiger partial charge is 0.484 e. The summed E-state index contributed by atoms with van der Waals surface area (Å²) in [6.07, 6.45) is 0. The summed E-state index contributed by atoms with van der Waals surface area (Å²) in [6.45, 7) is 4.16. The Morgan fingerprint density at radius 3 is 2.46 bits per heavy atom. The quantitative estimate of drug-likeness (QED) is 0.681. The summed E-state index contributed by atoms with van der Waals surface area (Å²) >= 11 is 3.33. The van der Waals surface area contributed by atoms with Gasteiger partial charge in [-0.2, -0.15) is 4.31 Å². The molecular weight excluding hydrogens is 420 g/mol. The number of hydrogen-bond acceptors (Lipinski definition) is 4. The van der Waals surface area contributed by atoms with Gasteiger partial charge in [0, 0.05) is 23.2 Å². The van der Waals surface area contributed by atoms with E-state index in [-0.39, 0.29) is 17.4 Å². The highest BCUT2D eigenvalue weighted by Gasteiger charge is 2.21. The Kier molecular flexibility index (Phi) is 7.19. The minimum absolute atomic E-state index is 0.145. The molecule has 8 heteroatoms. The van der Waals surface area contributed by atoms with E-state index in [1.54, 1.807) is 44.2 Å². The molecule has 1 amide bonds. The minimum atomic E-state index is -3.57. The molecule has 0 aliphatic rings. The van der Waals surface area contributed by atoms with Gasteiger partial charge in [0.1, 0.15) is 5.75 Å². The molecule has 0 aliphatic heterocycles. The summed E-state index contributed by atoms with van der Waals surface area (Å²) < 4.78 is 32.8. The van der Waals surface area contributed by atoms with Crippen LogP contribution in [0.25, 0.3) is 0 Å². The van der Waals surface area contributed by atoms with Crippen molar-refractivity contribution in [1.29, 1.82) is 0 Å². The summed E-state index contributed by atoms with van der Waals surface area (Å²) in [7, 11) is -3.57. The molecule has 0 saturated heterocycles. The third-order valence-electron chi connectivity index (χ3n) is 3.63. The number of rotatable bonds is 8. The molecule has 140 valence electrons. The van der Waals surface area contributed by atoms with Crippen LogP contribution in [0.1, 0.15) is 13.8 Å². The minimum Gasteiger partial charge on any atom is -0.484 e. The Bertz CT molecular complexity index is 867. The Hall–Kier alpha value is -1.90. The van der Waals surface area contributed by atoms with Crippen LogP contribution in [0, 0.1) is 0 Å². The number of benzene rings is 2. The zero-order valence-corrected chi connectivity index (χ0v) is 17.0. The van der Waals surface area contributed by atoms with Crippen LogP contribution in [-0.2, 0) is 14.8 Å². The maximum absolute atomic E-state index is 12.6. The number of ether oxygens (including phenoxy) is 1. The lowest BCUT2D eigenvalue weighted by molar-refractivity contribution is -0.118. The Morgan fingerprint density at radius 1 is 1.12 bits per heavy atom. The van der Waals surface area contributed by atoms with Crippen molar-refractivity contribution < 1.29 is 17.9 Å². The molecule has 2 aromatic carbocycles. The smallest absolute Gasteiger partial charge is 0.262 e. The number of nitrogens with zero attached hydrogens (tertiary/aromatic N) is 1. The molecule has 0 fully saturated rings. The van der Waals surface area contributed by atoms with Crippen LogP contribution >= 0.6 is 15.9 Å². The number of hydrogen-bond donors (Lipinski definition) is 1. The lowest BCUT2D eigenvalue weighted by Crippen LogP contribution is -2.30. The van der Waals surface area contributed by atoms with Crippen LogP contribution in [0.15, 0.2) is 57.9 Å². The summed E-state index contributed by atoms with van der Waals surface area (Å²) in [5, 5.41) is 2.66. The fourth-order valence-electron chi connectivity index (χ4n) is 2.35. The van der Waals surface area contributed by atoms with E-state index >= 15 is 0 Å². The average Bonchev–Trinajstić information content (AvgIpc) is 2.61. The molecule has 0 unspecified atom stereocenters. The van der Waals surface area contributed by atoms with Gasteiger partial charge in [-0.25, -0.2) is 8.42 Å². The summed E-state index contributed by atoms with van der Waals surface area (Å²) in [5.41, 5.74) is 0.404. The monoisotopic (exact) mass is 440 g/mol. The van der Waals surface area contributed by atoms with E-state index in [4.69, 9.17) is 4.74 Å². The van der Waals surface area contributed by atoms with Gasteiger partial charge in [-0.05, 0) is 36.4 Å². The van der Waals surface area contributed by atoms with E-state index in [9.17, 15) is 13.2 Å². The van der Waals surface area contributed by atoms with Crippen molar-refractivity contribution in [3.05, 3.63) is 53.0 Å². The predicted molar refractivity (Wildman–Crippen MR) is 105 cm³/mol. The molecule has 0 aromatic heterocycles. The van der Waals surface area contributed by atoms with Crippen LogP contribution in [0.5, 0.6) is 5.75 Å². The van der Waals surface area contributed by atoms with Crippen molar-refractivity contribution >= 4 is 37.5 Å². The molecule has 0 bridgehead atoms. The van der Waals surface area contributed by atoms with E-state index in [1.807, 2.05) is 6.07 Å². The van der Waals surface area contributed by atoms with Gasteiger partial charge in [-0.15, -0.1) is 0 Å². The van der Waals surface area contributed by atoms with Gasteiger partial charge in [-0.1, -0.05) is 41.9 Å². The molecule has 0 saturated carbocycles. The van der Waals surface area contributed by atoms with E-state index < -0.39 is 10.0 Å². The number of carbonyl (C=O) groups excluding carboxylic acids is 1. The molecule has 0 heterocycles. The van der Waals surface area contributed by atoms with Gasteiger partial charge < -0.3 is 10.1 Å². The predicted octanol–water partition coefficient (Wildman–Crippen LogP) is 3.50. The van der Waals surface area contributed by atoms with Crippen molar-refractivity contribution in [1.82, 2.24) is 4.31 Å². The summed E-state index contributed by atoms with van der Waals surface area (Å²) in [4.78, 5) is 12.2. The highest BCUT2D eigenvalue weighted by molar-refractivity contribution is 9.10. The first-order valence-corrected chi connectivity index (χ1v) is 10.4. The first-order valence-electron chi connectivity index (χ1n) is 8.15. The SMILES string of the molecule is CCN(CC)S(=O)(=O)c1cccc(NC(=O)COc2cccc(Br)c2)c1. The van der Waals surface area contributed by atoms with Gasteiger partial charge in [-0.3, -0.25) is 4.79 Å². The van der Waals surface area contributed by atoms with E-state index in [1.165, 1.54) is 16.4 Å². The molecule has 0 atom stereocenters. The molecule has 0 aliphatic carbocycles. The normalized spacial score (nSPS) is 11.4. The third-order valence-corrected chi connectivity index (χ3v) is 6.17. The Labute approximate surface area is 162 Å². The summed E-state index contributed by atoms with van der Waals surface area (Å²) in [6, 6.07) is 13.4. The maximum Gasteiger partial charge on any atom is 0.262 e.